The molecule has 1 fully saturated rings. The molecule has 0 aliphatic carbocycles. The smallest absolute Gasteiger partial charge is 0.156 e. The van der Waals surface area contributed by atoms with Crippen molar-refractivity contribution < 1.29 is 0 Å². The van der Waals surface area contributed by atoms with Gasteiger partial charge in [-0.2, -0.15) is 5.10 Å². The lowest BCUT2D eigenvalue weighted by atomic mass is 10.2. The number of hydrogen-bond donors (Lipinski definition) is 2. The van der Waals surface area contributed by atoms with Crippen molar-refractivity contribution in [1.29, 1.82) is 0 Å². The molecule has 0 saturated carbocycles. The van der Waals surface area contributed by atoms with Gasteiger partial charge in [-0.05, 0) is 31.3 Å². The highest BCUT2D eigenvalue weighted by Gasteiger charge is 2.15. The maximum Gasteiger partial charge on any atom is 0.156 e. The van der Waals surface area contributed by atoms with Crippen molar-refractivity contribution in [2.75, 3.05) is 38.1 Å². The average molecular weight is 282 g/mol. The first kappa shape index (κ1) is 12.4. The van der Waals surface area contributed by atoms with Crippen LogP contribution in [0.2, 0.25) is 0 Å². The molecular weight excluding hydrogens is 264 g/mol. The summed E-state index contributed by atoms with van der Waals surface area (Å²) in [5.74, 6) is 0.832. The fourth-order valence-corrected chi connectivity index (χ4v) is 2.77. The summed E-state index contributed by atoms with van der Waals surface area (Å²) < 4.78 is 0. The molecule has 1 aliphatic rings. The molecule has 0 amide bonds. The summed E-state index contributed by atoms with van der Waals surface area (Å²) in [7, 11) is 2.17. The first-order chi connectivity index (χ1) is 10.3. The van der Waals surface area contributed by atoms with Crippen molar-refractivity contribution >= 4 is 16.7 Å². The van der Waals surface area contributed by atoms with E-state index >= 15 is 0 Å². The largest absolute Gasteiger partial charge is 0.369 e. The van der Waals surface area contributed by atoms with Crippen LogP contribution in [0.5, 0.6) is 0 Å². The summed E-state index contributed by atoms with van der Waals surface area (Å²) in [5.41, 5.74) is 4.22. The fourth-order valence-electron chi connectivity index (χ4n) is 2.77. The number of benzene rings is 1. The Hall–Kier alpha value is -2.34. The molecular formula is C15H18N6. The molecule has 2 aromatic heterocycles. The number of hydrogen-bond acceptors (Lipinski definition) is 4. The number of H-pyrrole nitrogens is 2. The first-order valence-corrected chi connectivity index (χ1v) is 7.22. The summed E-state index contributed by atoms with van der Waals surface area (Å²) in [6.07, 6.45) is 1.73. The second-order valence-electron chi connectivity index (χ2n) is 5.55. The third-order valence-electron chi connectivity index (χ3n) is 4.09. The van der Waals surface area contributed by atoms with Crippen LogP contribution in [0.4, 0.5) is 5.69 Å². The quantitative estimate of drug-likeness (QED) is 0.751. The topological polar surface area (TPSA) is 63.8 Å². The SMILES string of the molecule is CN1CCN(c2ccc3nc(-c4ccn[nH]4)[nH]c3c2)CC1. The average Bonchev–Trinajstić information content (AvgIpc) is 3.16. The van der Waals surface area contributed by atoms with Crippen LogP contribution in [0.15, 0.2) is 30.5 Å². The Labute approximate surface area is 122 Å². The van der Waals surface area contributed by atoms with Gasteiger partial charge in [-0.25, -0.2) is 4.98 Å². The molecule has 0 bridgehead atoms. The van der Waals surface area contributed by atoms with Gasteiger partial charge < -0.3 is 14.8 Å². The Balaban J connectivity index is 1.66. The number of nitrogens with one attached hydrogen (secondary N) is 2. The molecule has 21 heavy (non-hydrogen) atoms. The molecule has 2 N–H and O–H groups in total. The van der Waals surface area contributed by atoms with Gasteiger partial charge in [0.05, 0.1) is 11.0 Å². The van der Waals surface area contributed by atoms with Gasteiger partial charge in [0.1, 0.15) is 5.69 Å². The third kappa shape index (κ3) is 2.27. The summed E-state index contributed by atoms with van der Waals surface area (Å²) in [6.45, 7) is 4.37. The number of rotatable bonds is 2. The standard InChI is InChI=1S/C15H18N6/c1-20-6-8-21(9-7-20)11-2-3-12-14(10-11)18-15(17-12)13-4-5-16-19-13/h2-5,10H,6-9H2,1H3,(H,16,19)(H,17,18). The van der Waals surface area contributed by atoms with Crippen molar-refractivity contribution in [3.63, 3.8) is 0 Å². The molecule has 3 aromatic rings. The van der Waals surface area contributed by atoms with Gasteiger partial charge in [0.15, 0.2) is 5.82 Å². The van der Waals surface area contributed by atoms with Gasteiger partial charge in [-0.15, -0.1) is 0 Å². The lowest BCUT2D eigenvalue weighted by Gasteiger charge is -2.34. The second-order valence-corrected chi connectivity index (χ2v) is 5.55. The van der Waals surface area contributed by atoms with E-state index in [1.807, 2.05) is 6.07 Å². The number of aromatic nitrogens is 4. The van der Waals surface area contributed by atoms with Crippen molar-refractivity contribution in [1.82, 2.24) is 25.1 Å². The number of piperazine rings is 1. The van der Waals surface area contributed by atoms with Crippen molar-refractivity contribution in [3.8, 4) is 11.5 Å². The summed E-state index contributed by atoms with van der Waals surface area (Å²) in [6, 6.07) is 8.34. The number of anilines is 1. The second kappa shape index (κ2) is 4.89. The van der Waals surface area contributed by atoms with E-state index in [0.717, 1.165) is 48.7 Å². The van der Waals surface area contributed by atoms with Crippen LogP contribution in [-0.2, 0) is 0 Å². The predicted octanol–water partition coefficient (Wildman–Crippen LogP) is 1.70. The zero-order valence-corrected chi connectivity index (χ0v) is 12.0. The summed E-state index contributed by atoms with van der Waals surface area (Å²) in [5, 5.41) is 6.91. The molecule has 6 nitrogen and oxygen atoms in total. The molecule has 0 atom stereocenters. The minimum atomic E-state index is 0.832. The molecule has 4 rings (SSSR count). The maximum atomic E-state index is 4.60. The highest BCUT2D eigenvalue weighted by atomic mass is 15.2. The number of fused-ring (bicyclic) bond motifs is 1. The van der Waals surface area contributed by atoms with E-state index in [-0.39, 0.29) is 0 Å². The number of likely N-dealkylation sites (N-methyl/N-ethyl adjacent to an activating group) is 1. The van der Waals surface area contributed by atoms with E-state index in [9.17, 15) is 0 Å². The Morgan fingerprint density at radius 1 is 1.10 bits per heavy atom. The van der Waals surface area contributed by atoms with Crippen LogP contribution >= 0.6 is 0 Å². The Bertz CT molecular complexity index is 737. The molecule has 0 radical (unpaired) electrons. The zero-order valence-electron chi connectivity index (χ0n) is 12.0. The first-order valence-electron chi connectivity index (χ1n) is 7.22. The van der Waals surface area contributed by atoms with Crippen LogP contribution in [0.1, 0.15) is 0 Å². The highest BCUT2D eigenvalue weighted by Crippen LogP contribution is 2.24. The summed E-state index contributed by atoms with van der Waals surface area (Å²) in [4.78, 5) is 12.8. The van der Waals surface area contributed by atoms with Gasteiger partial charge in [-0.1, -0.05) is 0 Å². The number of aromatic amines is 2. The highest BCUT2D eigenvalue weighted by molar-refractivity contribution is 5.82. The molecule has 6 heteroatoms. The van der Waals surface area contributed by atoms with Crippen LogP contribution in [0.3, 0.4) is 0 Å². The van der Waals surface area contributed by atoms with E-state index in [0.29, 0.717) is 0 Å². The molecule has 1 saturated heterocycles. The lowest BCUT2D eigenvalue weighted by molar-refractivity contribution is 0.313. The molecule has 1 aliphatic heterocycles. The Morgan fingerprint density at radius 3 is 2.71 bits per heavy atom. The van der Waals surface area contributed by atoms with E-state index < -0.39 is 0 Å². The van der Waals surface area contributed by atoms with Gasteiger partial charge in [0.25, 0.3) is 0 Å². The Kier molecular flexibility index (Phi) is 2.89. The van der Waals surface area contributed by atoms with Gasteiger partial charge in [0, 0.05) is 38.1 Å². The predicted molar refractivity (Wildman–Crippen MR) is 83.4 cm³/mol. The lowest BCUT2D eigenvalue weighted by Crippen LogP contribution is -2.44. The zero-order chi connectivity index (χ0) is 14.2. The molecule has 108 valence electrons. The van der Waals surface area contributed by atoms with Crippen molar-refractivity contribution in [3.05, 3.63) is 30.5 Å². The molecule has 1 aromatic carbocycles. The van der Waals surface area contributed by atoms with Gasteiger partial charge in [-0.3, -0.25) is 5.10 Å². The monoisotopic (exact) mass is 282 g/mol. The molecule has 0 unspecified atom stereocenters. The van der Waals surface area contributed by atoms with Crippen LogP contribution in [0, 0.1) is 0 Å². The molecule has 3 heterocycles. The van der Waals surface area contributed by atoms with E-state index in [1.165, 1.54) is 5.69 Å². The van der Waals surface area contributed by atoms with E-state index in [1.54, 1.807) is 6.20 Å². The van der Waals surface area contributed by atoms with Crippen LogP contribution < -0.4 is 4.90 Å². The van der Waals surface area contributed by atoms with Gasteiger partial charge >= 0.3 is 0 Å². The van der Waals surface area contributed by atoms with Crippen LogP contribution in [0.25, 0.3) is 22.6 Å². The van der Waals surface area contributed by atoms with E-state index in [2.05, 4.69) is 55.2 Å². The minimum Gasteiger partial charge on any atom is -0.369 e. The van der Waals surface area contributed by atoms with E-state index in [4.69, 9.17) is 0 Å². The normalized spacial score (nSPS) is 16.7. The maximum absolute atomic E-state index is 4.60. The number of imidazole rings is 1. The van der Waals surface area contributed by atoms with Crippen molar-refractivity contribution in [2.24, 2.45) is 0 Å². The summed E-state index contributed by atoms with van der Waals surface area (Å²) >= 11 is 0. The Morgan fingerprint density at radius 2 is 1.95 bits per heavy atom. The minimum absolute atomic E-state index is 0.832. The third-order valence-corrected chi connectivity index (χ3v) is 4.09. The fraction of sp³-hybridized carbons (Fsp3) is 0.333. The van der Waals surface area contributed by atoms with Crippen LogP contribution in [-0.4, -0.2) is 58.3 Å². The number of nitrogens with zero attached hydrogens (tertiary/aromatic N) is 4. The van der Waals surface area contributed by atoms with Crippen molar-refractivity contribution in [2.45, 2.75) is 0 Å². The molecule has 0 spiro atoms. The van der Waals surface area contributed by atoms with Gasteiger partial charge in [0.2, 0.25) is 0 Å².